The van der Waals surface area contributed by atoms with Crippen molar-refractivity contribution >= 4 is 52.2 Å². The van der Waals surface area contributed by atoms with Crippen molar-refractivity contribution in [2.75, 3.05) is 0 Å². The molecule has 0 aliphatic carbocycles. The Morgan fingerprint density at radius 1 is 1.38 bits per heavy atom. The molecule has 0 heterocycles. The van der Waals surface area contributed by atoms with Crippen molar-refractivity contribution in [2.45, 2.75) is 0 Å². The summed E-state index contributed by atoms with van der Waals surface area (Å²) >= 11 is 1.40. The monoisotopic (exact) mass is 321 g/mol. The quantitative estimate of drug-likeness (QED) is 0.463. The summed E-state index contributed by atoms with van der Waals surface area (Å²) in [4.78, 5) is 0. The SMILES string of the molecule is [SnH3][c]1[c]ccc[c]1[SnH3]. The normalized spacial score (nSPS) is 10.0. The minimum absolute atomic E-state index is 0.690. The molecule has 0 spiro atoms. The van der Waals surface area contributed by atoms with E-state index in [2.05, 4.69) is 18.2 Å². The van der Waals surface area contributed by atoms with E-state index in [9.17, 15) is 0 Å². The Hall–Kier alpha value is 0.817. The van der Waals surface area contributed by atoms with Gasteiger partial charge in [-0.25, -0.2) is 0 Å². The Labute approximate surface area is 75.8 Å². The maximum atomic E-state index is 3.25. The molecule has 0 aliphatic heterocycles. The van der Waals surface area contributed by atoms with E-state index in [1.807, 2.05) is 6.07 Å². The van der Waals surface area contributed by atoms with Crippen LogP contribution in [-0.4, -0.2) is 45.0 Å². The van der Waals surface area contributed by atoms with Gasteiger partial charge in [-0.2, -0.15) is 0 Å². The number of hydrogen-bond acceptors (Lipinski definition) is 0. The van der Waals surface area contributed by atoms with E-state index in [0.717, 1.165) is 0 Å². The predicted octanol–water partition coefficient (Wildman–Crippen LogP) is -2.53. The third-order valence-electron chi connectivity index (χ3n) is 1.33. The van der Waals surface area contributed by atoms with Crippen LogP contribution < -0.4 is 7.16 Å². The first kappa shape index (κ1) is 6.93. The van der Waals surface area contributed by atoms with Gasteiger partial charge in [-0.05, 0) is 0 Å². The molecule has 0 amide bonds. The van der Waals surface area contributed by atoms with Crippen LogP contribution in [0.1, 0.15) is 0 Å². The minimum atomic E-state index is 0.690. The van der Waals surface area contributed by atoms with Crippen LogP contribution in [0.25, 0.3) is 0 Å². The van der Waals surface area contributed by atoms with Gasteiger partial charge in [-0.15, -0.1) is 0 Å². The van der Waals surface area contributed by atoms with Crippen molar-refractivity contribution in [3.8, 4) is 0 Å². The van der Waals surface area contributed by atoms with Crippen LogP contribution in [0.3, 0.4) is 0 Å². The molecule has 41 valence electrons. The van der Waals surface area contributed by atoms with Gasteiger partial charge in [0.2, 0.25) is 0 Å². The van der Waals surface area contributed by atoms with Crippen molar-refractivity contribution < 1.29 is 0 Å². The summed E-state index contributed by atoms with van der Waals surface area (Å²) in [5.74, 6) is 0. The first-order valence-corrected chi connectivity index (χ1v) is 8.45. The van der Waals surface area contributed by atoms with Crippen molar-refractivity contribution in [3.05, 3.63) is 24.3 Å². The molecule has 0 atom stereocenters. The van der Waals surface area contributed by atoms with E-state index in [1.165, 1.54) is 0 Å². The summed E-state index contributed by atoms with van der Waals surface area (Å²) in [6.07, 6.45) is 0. The number of hydrogen-bond donors (Lipinski definition) is 0. The molecular formula is C6H9Sn2. The Kier molecular flexibility index (Phi) is 2.69. The maximum absolute atomic E-state index is 3.25. The second-order valence-corrected chi connectivity index (χ2v) is 7.91. The molecule has 0 N–H and O–H groups in total. The van der Waals surface area contributed by atoms with Crippen molar-refractivity contribution in [1.29, 1.82) is 0 Å². The Balaban J connectivity index is 3.13. The molecule has 1 aromatic rings. The van der Waals surface area contributed by atoms with Crippen LogP contribution in [0.15, 0.2) is 18.2 Å². The second kappa shape index (κ2) is 3.10. The zero-order chi connectivity index (χ0) is 5.98. The Morgan fingerprint density at radius 2 is 2.12 bits per heavy atom. The van der Waals surface area contributed by atoms with Gasteiger partial charge in [0.15, 0.2) is 0 Å². The molecular weight excluding hydrogens is 309 g/mol. The Morgan fingerprint density at radius 3 is 2.50 bits per heavy atom. The molecule has 1 radical (unpaired) electrons. The summed E-state index contributed by atoms with van der Waals surface area (Å²) in [7, 11) is 0. The van der Waals surface area contributed by atoms with Gasteiger partial charge in [0.25, 0.3) is 0 Å². The van der Waals surface area contributed by atoms with Gasteiger partial charge in [-0.3, -0.25) is 0 Å². The molecule has 0 saturated carbocycles. The molecule has 0 saturated heterocycles. The Bertz CT molecular complexity index is 163. The van der Waals surface area contributed by atoms with Gasteiger partial charge in [-0.1, -0.05) is 0 Å². The molecule has 1 aromatic carbocycles. The van der Waals surface area contributed by atoms with E-state index in [4.69, 9.17) is 0 Å². The fourth-order valence-electron chi connectivity index (χ4n) is 0.604. The third kappa shape index (κ3) is 1.65. The van der Waals surface area contributed by atoms with Crippen molar-refractivity contribution in [2.24, 2.45) is 0 Å². The molecule has 0 bridgehead atoms. The molecule has 1 rings (SSSR count). The summed E-state index contributed by atoms with van der Waals surface area (Å²) in [6, 6.07) is 9.59. The molecule has 0 unspecified atom stereocenters. The average Bonchev–Trinajstić information content (AvgIpc) is 1.77. The zero-order valence-corrected chi connectivity index (χ0v) is 16.6. The molecule has 0 aromatic heterocycles. The van der Waals surface area contributed by atoms with Crippen molar-refractivity contribution in [1.82, 2.24) is 0 Å². The predicted molar refractivity (Wildman–Crippen MR) is 44.4 cm³/mol. The van der Waals surface area contributed by atoms with Gasteiger partial charge in [0, 0.05) is 0 Å². The second-order valence-electron chi connectivity index (χ2n) is 1.98. The van der Waals surface area contributed by atoms with Crippen LogP contribution in [0.4, 0.5) is 0 Å². The molecule has 0 nitrogen and oxygen atoms in total. The van der Waals surface area contributed by atoms with E-state index in [-0.39, 0.29) is 0 Å². The first-order valence-electron chi connectivity index (χ1n) is 2.74. The zero-order valence-electron chi connectivity index (χ0n) is 5.23. The summed E-state index contributed by atoms with van der Waals surface area (Å²) in [6.45, 7) is 0. The van der Waals surface area contributed by atoms with Gasteiger partial charge in [0.1, 0.15) is 0 Å². The van der Waals surface area contributed by atoms with Gasteiger partial charge in [0.05, 0.1) is 0 Å². The summed E-state index contributed by atoms with van der Waals surface area (Å²) in [5.41, 5.74) is 0. The molecule has 8 heavy (non-hydrogen) atoms. The molecule has 0 aliphatic rings. The standard InChI is InChI=1S/C6H3.2Sn.6H/c1-2-4-6-5-3-1;;;;;;;;/h1-3H;;;;;;;;. The number of rotatable bonds is 0. The summed E-state index contributed by atoms with van der Waals surface area (Å²) < 4.78 is 3.16. The van der Waals surface area contributed by atoms with Gasteiger partial charge < -0.3 is 0 Å². The number of benzene rings is 1. The molecule has 0 fully saturated rings. The third-order valence-corrected chi connectivity index (χ3v) is 15.6. The average molecular weight is 319 g/mol. The van der Waals surface area contributed by atoms with Crippen LogP contribution in [0.2, 0.25) is 0 Å². The molecule has 2 heteroatoms. The van der Waals surface area contributed by atoms with E-state index < -0.39 is 0 Å². The fraction of sp³-hybridized carbons (Fsp3) is 0. The van der Waals surface area contributed by atoms with Crippen LogP contribution in [-0.2, 0) is 0 Å². The first-order chi connectivity index (χ1) is 3.80. The van der Waals surface area contributed by atoms with E-state index >= 15 is 0 Å². The van der Waals surface area contributed by atoms with E-state index in [0.29, 0.717) is 45.0 Å². The van der Waals surface area contributed by atoms with Crippen molar-refractivity contribution in [3.63, 3.8) is 0 Å². The fourth-order valence-corrected chi connectivity index (χ4v) is 2.52. The van der Waals surface area contributed by atoms with Crippen LogP contribution in [0, 0.1) is 6.07 Å². The van der Waals surface area contributed by atoms with Crippen LogP contribution in [0.5, 0.6) is 0 Å². The topological polar surface area (TPSA) is 0 Å². The van der Waals surface area contributed by atoms with Gasteiger partial charge >= 0.3 is 76.5 Å². The van der Waals surface area contributed by atoms with Crippen LogP contribution >= 0.6 is 0 Å². The van der Waals surface area contributed by atoms with E-state index in [1.54, 1.807) is 7.16 Å². The summed E-state index contributed by atoms with van der Waals surface area (Å²) in [5, 5.41) is 0.